The third kappa shape index (κ3) is 3.16. The Morgan fingerprint density at radius 2 is 2.10 bits per heavy atom. The molecule has 1 aliphatic carbocycles. The minimum Gasteiger partial charge on any atom is -0.330 e. The van der Waals surface area contributed by atoms with E-state index in [1.165, 1.54) is 0 Å². The maximum absolute atomic E-state index is 12.9. The van der Waals surface area contributed by atoms with Gasteiger partial charge in [0.1, 0.15) is 0 Å². The van der Waals surface area contributed by atoms with Crippen molar-refractivity contribution in [1.29, 1.82) is 0 Å². The molecule has 0 atom stereocenters. The van der Waals surface area contributed by atoms with Crippen LogP contribution < -0.4 is 0 Å². The van der Waals surface area contributed by atoms with Crippen LogP contribution in [-0.2, 0) is 6.54 Å². The number of hydrogen-bond donors (Lipinski definition) is 0. The Bertz CT molecular complexity index is 653. The van der Waals surface area contributed by atoms with Crippen LogP contribution in [0.3, 0.4) is 0 Å². The lowest BCUT2D eigenvalue weighted by Crippen LogP contribution is -2.33. The molecular formula is C17H17BrN2O. The highest BCUT2D eigenvalue weighted by Crippen LogP contribution is 2.31. The molecule has 0 unspecified atom stereocenters. The van der Waals surface area contributed by atoms with Gasteiger partial charge in [-0.05, 0) is 49.6 Å². The van der Waals surface area contributed by atoms with Gasteiger partial charge in [0.15, 0.2) is 0 Å². The van der Waals surface area contributed by atoms with Gasteiger partial charge in [0.2, 0.25) is 0 Å². The Hall–Kier alpha value is -1.68. The van der Waals surface area contributed by atoms with Crippen LogP contribution in [0, 0.1) is 6.92 Å². The van der Waals surface area contributed by atoms with E-state index >= 15 is 0 Å². The summed E-state index contributed by atoms with van der Waals surface area (Å²) in [5.74, 6) is 0.0990. The van der Waals surface area contributed by atoms with Gasteiger partial charge in [0.05, 0.1) is 12.2 Å². The summed E-state index contributed by atoms with van der Waals surface area (Å²) >= 11 is 3.50. The largest absolute Gasteiger partial charge is 0.330 e. The van der Waals surface area contributed by atoms with E-state index in [1.807, 2.05) is 48.2 Å². The van der Waals surface area contributed by atoms with Crippen molar-refractivity contribution in [3.05, 3.63) is 63.9 Å². The van der Waals surface area contributed by atoms with Crippen LogP contribution in [-0.4, -0.2) is 21.8 Å². The van der Waals surface area contributed by atoms with Gasteiger partial charge in [-0.1, -0.05) is 28.1 Å². The summed E-state index contributed by atoms with van der Waals surface area (Å²) in [6, 6.07) is 12.0. The van der Waals surface area contributed by atoms with Crippen LogP contribution in [0.25, 0.3) is 0 Å². The first kappa shape index (κ1) is 14.3. The molecule has 0 bridgehead atoms. The zero-order valence-corrected chi connectivity index (χ0v) is 13.5. The number of aromatic nitrogens is 1. The summed E-state index contributed by atoms with van der Waals surface area (Å²) < 4.78 is 0.974. The lowest BCUT2D eigenvalue weighted by atomic mass is 10.1. The SMILES string of the molecule is Cc1c(Br)cccc1C(=O)N(Cc1ccccn1)C1CC1. The molecule has 0 saturated heterocycles. The Labute approximate surface area is 133 Å². The third-order valence-electron chi connectivity index (χ3n) is 3.81. The van der Waals surface area contributed by atoms with Crippen LogP contribution >= 0.6 is 15.9 Å². The number of benzene rings is 1. The normalized spacial score (nSPS) is 14.0. The molecule has 2 aromatic rings. The standard InChI is InChI=1S/C17H17BrN2O/c1-12-15(6-4-7-16(12)18)17(21)20(14-8-9-14)11-13-5-2-3-10-19-13/h2-7,10,14H,8-9,11H2,1H3. The second-order valence-electron chi connectivity index (χ2n) is 5.40. The van der Waals surface area contributed by atoms with Gasteiger partial charge < -0.3 is 4.90 Å². The Morgan fingerprint density at radius 1 is 1.29 bits per heavy atom. The van der Waals surface area contributed by atoms with E-state index in [1.54, 1.807) is 6.20 Å². The second kappa shape index (κ2) is 5.98. The molecular weight excluding hydrogens is 328 g/mol. The smallest absolute Gasteiger partial charge is 0.254 e. The van der Waals surface area contributed by atoms with Crippen molar-refractivity contribution in [2.45, 2.75) is 32.4 Å². The lowest BCUT2D eigenvalue weighted by Gasteiger charge is -2.23. The highest BCUT2D eigenvalue weighted by molar-refractivity contribution is 9.10. The topological polar surface area (TPSA) is 33.2 Å². The summed E-state index contributed by atoms with van der Waals surface area (Å²) in [7, 11) is 0. The van der Waals surface area contributed by atoms with Crippen molar-refractivity contribution in [2.75, 3.05) is 0 Å². The van der Waals surface area contributed by atoms with E-state index in [2.05, 4.69) is 20.9 Å². The average Bonchev–Trinajstić information content (AvgIpc) is 3.33. The second-order valence-corrected chi connectivity index (χ2v) is 6.25. The van der Waals surface area contributed by atoms with Gasteiger partial charge in [0.25, 0.3) is 5.91 Å². The highest BCUT2D eigenvalue weighted by atomic mass is 79.9. The number of halogens is 1. The fourth-order valence-corrected chi connectivity index (χ4v) is 2.78. The lowest BCUT2D eigenvalue weighted by molar-refractivity contribution is 0.0727. The number of nitrogens with zero attached hydrogens (tertiary/aromatic N) is 2. The number of hydrogen-bond acceptors (Lipinski definition) is 2. The molecule has 3 nitrogen and oxygen atoms in total. The molecule has 1 aromatic heterocycles. The number of amides is 1. The quantitative estimate of drug-likeness (QED) is 0.840. The van der Waals surface area contributed by atoms with Crippen molar-refractivity contribution < 1.29 is 4.79 Å². The predicted molar refractivity (Wildman–Crippen MR) is 86.0 cm³/mol. The van der Waals surface area contributed by atoms with E-state index < -0.39 is 0 Å². The van der Waals surface area contributed by atoms with E-state index in [4.69, 9.17) is 0 Å². The van der Waals surface area contributed by atoms with Crippen molar-refractivity contribution in [2.24, 2.45) is 0 Å². The molecule has 1 aromatic carbocycles. The summed E-state index contributed by atoms with van der Waals surface area (Å²) in [5.41, 5.74) is 2.70. The zero-order chi connectivity index (χ0) is 14.8. The van der Waals surface area contributed by atoms with Crippen LogP contribution in [0.4, 0.5) is 0 Å². The first-order valence-corrected chi connectivity index (χ1v) is 7.92. The first-order chi connectivity index (χ1) is 10.2. The Balaban J connectivity index is 1.87. The van der Waals surface area contributed by atoms with E-state index in [0.717, 1.165) is 34.1 Å². The van der Waals surface area contributed by atoms with Gasteiger partial charge in [-0.3, -0.25) is 9.78 Å². The number of rotatable bonds is 4. The van der Waals surface area contributed by atoms with Crippen molar-refractivity contribution in [1.82, 2.24) is 9.88 Å². The molecule has 108 valence electrons. The van der Waals surface area contributed by atoms with Gasteiger partial charge in [-0.2, -0.15) is 0 Å². The average molecular weight is 345 g/mol. The number of pyridine rings is 1. The maximum Gasteiger partial charge on any atom is 0.254 e. The van der Waals surface area contributed by atoms with Crippen molar-refractivity contribution in [3.63, 3.8) is 0 Å². The van der Waals surface area contributed by atoms with E-state index in [-0.39, 0.29) is 5.91 Å². The van der Waals surface area contributed by atoms with Gasteiger partial charge in [-0.25, -0.2) is 0 Å². The molecule has 1 fully saturated rings. The molecule has 1 heterocycles. The molecule has 1 amide bonds. The maximum atomic E-state index is 12.9. The summed E-state index contributed by atoms with van der Waals surface area (Å²) in [4.78, 5) is 19.2. The minimum absolute atomic E-state index is 0.0990. The van der Waals surface area contributed by atoms with Crippen molar-refractivity contribution in [3.8, 4) is 0 Å². The molecule has 1 aliphatic rings. The number of carbonyl (C=O) groups excluding carboxylic acids is 1. The fourth-order valence-electron chi connectivity index (χ4n) is 2.41. The van der Waals surface area contributed by atoms with E-state index in [0.29, 0.717) is 12.6 Å². The molecule has 4 heteroatoms. The van der Waals surface area contributed by atoms with Gasteiger partial charge in [-0.15, -0.1) is 0 Å². The van der Waals surface area contributed by atoms with Crippen LogP contribution in [0.5, 0.6) is 0 Å². The number of carbonyl (C=O) groups is 1. The molecule has 1 saturated carbocycles. The Kier molecular flexibility index (Phi) is 4.06. The minimum atomic E-state index is 0.0990. The van der Waals surface area contributed by atoms with Crippen LogP contribution in [0.15, 0.2) is 47.1 Å². The highest BCUT2D eigenvalue weighted by Gasteiger charge is 2.33. The zero-order valence-electron chi connectivity index (χ0n) is 11.9. The Morgan fingerprint density at radius 3 is 2.76 bits per heavy atom. The van der Waals surface area contributed by atoms with Gasteiger partial charge >= 0.3 is 0 Å². The first-order valence-electron chi connectivity index (χ1n) is 7.13. The molecule has 3 rings (SSSR count). The summed E-state index contributed by atoms with van der Waals surface area (Å²) in [5, 5.41) is 0. The summed E-state index contributed by atoms with van der Waals surface area (Å²) in [6.07, 6.45) is 3.95. The van der Waals surface area contributed by atoms with Crippen molar-refractivity contribution >= 4 is 21.8 Å². The van der Waals surface area contributed by atoms with E-state index in [9.17, 15) is 4.79 Å². The van der Waals surface area contributed by atoms with Gasteiger partial charge in [0, 0.05) is 22.3 Å². The summed E-state index contributed by atoms with van der Waals surface area (Å²) in [6.45, 7) is 2.56. The predicted octanol–water partition coefficient (Wildman–Crippen LogP) is 3.96. The third-order valence-corrected chi connectivity index (χ3v) is 4.66. The molecule has 0 spiro atoms. The molecule has 0 radical (unpaired) electrons. The monoisotopic (exact) mass is 344 g/mol. The fraction of sp³-hybridized carbons (Fsp3) is 0.294. The molecule has 0 N–H and O–H groups in total. The van der Waals surface area contributed by atoms with Crippen LogP contribution in [0.1, 0.15) is 34.5 Å². The molecule has 0 aliphatic heterocycles. The van der Waals surface area contributed by atoms with Crippen LogP contribution in [0.2, 0.25) is 0 Å². The molecule has 21 heavy (non-hydrogen) atoms.